The molecule has 0 radical (unpaired) electrons. The minimum atomic E-state index is 0.0561. The Labute approximate surface area is 158 Å². The number of hydrogen-bond donors (Lipinski definition) is 2. The zero-order valence-electron chi connectivity index (χ0n) is 16.1. The lowest BCUT2D eigenvalue weighted by atomic mass is 9.87. The van der Waals surface area contributed by atoms with E-state index in [0.717, 1.165) is 27.9 Å². The molecule has 0 saturated heterocycles. The summed E-state index contributed by atoms with van der Waals surface area (Å²) in [5, 5.41) is 15.3. The average Bonchev–Trinajstić information content (AvgIpc) is 3.17. The molecule has 0 amide bonds. The molecule has 2 aromatic carbocycles. The maximum atomic E-state index is 10.8. The van der Waals surface area contributed by atoms with E-state index in [4.69, 9.17) is 0 Å². The van der Waals surface area contributed by atoms with Gasteiger partial charge < -0.3 is 10.1 Å². The molecule has 0 aliphatic heterocycles. The second-order valence-electron chi connectivity index (χ2n) is 8.00. The molecule has 27 heavy (non-hydrogen) atoms. The van der Waals surface area contributed by atoms with Crippen LogP contribution in [0, 0.1) is 6.92 Å². The molecular weight excluding hydrogens is 336 g/mol. The van der Waals surface area contributed by atoms with Crippen LogP contribution in [0.1, 0.15) is 43.2 Å². The van der Waals surface area contributed by atoms with E-state index in [1.54, 1.807) is 0 Å². The first-order chi connectivity index (χ1) is 12.8. The Morgan fingerprint density at radius 3 is 2.52 bits per heavy atom. The maximum Gasteiger partial charge on any atom is 0.232 e. The zero-order valence-corrected chi connectivity index (χ0v) is 16.1. The second-order valence-corrected chi connectivity index (χ2v) is 8.00. The number of imidazole rings is 1. The Balaban J connectivity index is 1.74. The monoisotopic (exact) mass is 360 g/mol. The van der Waals surface area contributed by atoms with E-state index in [2.05, 4.69) is 48.0 Å². The van der Waals surface area contributed by atoms with Crippen LogP contribution >= 0.6 is 0 Å². The van der Waals surface area contributed by atoms with Crippen molar-refractivity contribution in [2.75, 3.05) is 0 Å². The first-order valence-electron chi connectivity index (χ1n) is 9.15. The topological polar surface area (TPSA) is 66.7 Å². The number of aromatic hydroxyl groups is 1. The van der Waals surface area contributed by atoms with Crippen LogP contribution in [0.2, 0.25) is 0 Å². The zero-order chi connectivity index (χ0) is 19.2. The lowest BCUT2D eigenvalue weighted by molar-refractivity contribution is 0.426. The van der Waals surface area contributed by atoms with Gasteiger partial charge in [0.1, 0.15) is 0 Å². The van der Waals surface area contributed by atoms with E-state index in [-0.39, 0.29) is 11.3 Å². The molecule has 0 spiro atoms. The summed E-state index contributed by atoms with van der Waals surface area (Å²) in [5.74, 6) is 0.655. The highest BCUT2D eigenvalue weighted by Gasteiger charge is 2.19. The Bertz CT molecular complexity index is 1100. The third kappa shape index (κ3) is 3.21. The molecule has 0 atom stereocenters. The fourth-order valence-electron chi connectivity index (χ4n) is 3.26. The van der Waals surface area contributed by atoms with Gasteiger partial charge >= 0.3 is 0 Å². The first-order valence-corrected chi connectivity index (χ1v) is 9.15. The normalized spacial score (nSPS) is 12.0. The van der Waals surface area contributed by atoms with Gasteiger partial charge in [-0.15, -0.1) is 0 Å². The smallest absolute Gasteiger partial charge is 0.232 e. The number of fused-ring (bicyclic) bond motifs is 1. The molecule has 2 aromatic heterocycles. The number of rotatable bonds is 3. The van der Waals surface area contributed by atoms with Crippen molar-refractivity contribution in [3.05, 3.63) is 70.9 Å². The van der Waals surface area contributed by atoms with Gasteiger partial charge in [0, 0.05) is 12.0 Å². The van der Waals surface area contributed by atoms with Crippen molar-refractivity contribution >= 4 is 11.0 Å². The number of nitrogens with zero attached hydrogens (tertiary/aromatic N) is 3. The van der Waals surface area contributed by atoms with Gasteiger partial charge in [0.05, 0.1) is 16.7 Å². The molecule has 0 bridgehead atoms. The summed E-state index contributed by atoms with van der Waals surface area (Å²) in [6, 6.07) is 16.3. The highest BCUT2D eigenvalue weighted by molar-refractivity contribution is 5.77. The van der Waals surface area contributed by atoms with Crippen LogP contribution in [0.3, 0.4) is 0 Å². The second kappa shape index (κ2) is 6.27. The third-order valence-corrected chi connectivity index (χ3v) is 4.92. The Hall–Kier alpha value is -3.08. The molecule has 138 valence electrons. The van der Waals surface area contributed by atoms with E-state index >= 15 is 0 Å². The fraction of sp³-hybridized carbons (Fsp3) is 0.273. The van der Waals surface area contributed by atoms with E-state index in [9.17, 15) is 5.11 Å². The van der Waals surface area contributed by atoms with Crippen LogP contribution in [0.15, 0.2) is 48.5 Å². The largest absolute Gasteiger partial charge is 0.493 e. The van der Waals surface area contributed by atoms with Gasteiger partial charge in [-0.2, -0.15) is 9.78 Å². The molecule has 0 aliphatic carbocycles. The van der Waals surface area contributed by atoms with Gasteiger partial charge in [0.15, 0.2) is 0 Å². The molecule has 0 fully saturated rings. The Kier molecular flexibility index (Phi) is 4.02. The minimum Gasteiger partial charge on any atom is -0.493 e. The van der Waals surface area contributed by atoms with Gasteiger partial charge in [-0.1, -0.05) is 57.2 Å². The highest BCUT2D eigenvalue weighted by Crippen LogP contribution is 2.29. The summed E-state index contributed by atoms with van der Waals surface area (Å²) >= 11 is 0. The lowest BCUT2D eigenvalue weighted by Crippen LogP contribution is -2.10. The van der Waals surface area contributed by atoms with E-state index in [0.29, 0.717) is 12.4 Å². The molecule has 4 aromatic rings. The van der Waals surface area contributed by atoms with E-state index in [1.807, 2.05) is 43.3 Å². The van der Waals surface area contributed by atoms with Gasteiger partial charge in [-0.3, -0.25) is 0 Å². The van der Waals surface area contributed by atoms with Gasteiger partial charge in [0.25, 0.3) is 0 Å². The maximum absolute atomic E-state index is 10.8. The number of aromatic nitrogens is 4. The van der Waals surface area contributed by atoms with Crippen LogP contribution in [0.5, 0.6) is 5.88 Å². The van der Waals surface area contributed by atoms with E-state index < -0.39 is 0 Å². The van der Waals surface area contributed by atoms with Crippen LogP contribution in [-0.4, -0.2) is 24.9 Å². The molecule has 2 N–H and O–H groups in total. The summed E-state index contributed by atoms with van der Waals surface area (Å²) in [6.07, 6.45) is 0.632. The van der Waals surface area contributed by atoms with Crippen molar-refractivity contribution in [3.8, 4) is 11.8 Å². The summed E-state index contributed by atoms with van der Waals surface area (Å²) in [4.78, 5) is 7.93. The average molecular weight is 360 g/mol. The fourth-order valence-corrected chi connectivity index (χ4v) is 3.26. The molecule has 2 heterocycles. The predicted molar refractivity (Wildman–Crippen MR) is 108 cm³/mol. The lowest BCUT2D eigenvalue weighted by Gasteiger charge is -2.18. The number of benzene rings is 2. The molecule has 0 aliphatic rings. The molecule has 5 nitrogen and oxygen atoms in total. The Morgan fingerprint density at radius 2 is 1.81 bits per heavy atom. The summed E-state index contributed by atoms with van der Waals surface area (Å²) in [6.45, 7) is 8.45. The van der Waals surface area contributed by atoms with Gasteiger partial charge in [-0.05, 0) is 35.6 Å². The molecule has 0 unspecified atom stereocenters. The third-order valence-electron chi connectivity index (χ3n) is 4.92. The van der Waals surface area contributed by atoms with Crippen LogP contribution in [-0.2, 0) is 11.8 Å². The Morgan fingerprint density at radius 1 is 1.07 bits per heavy atom. The molecule has 5 heteroatoms. The van der Waals surface area contributed by atoms with Crippen molar-refractivity contribution in [2.24, 2.45) is 0 Å². The van der Waals surface area contributed by atoms with Crippen molar-refractivity contribution in [1.82, 2.24) is 19.7 Å². The SMILES string of the molecule is Cc1nn(-c2nc3cc(C(C)(C)C)ccc3[nH]2)c(O)c1Cc1ccccc1. The quantitative estimate of drug-likeness (QED) is 0.559. The summed E-state index contributed by atoms with van der Waals surface area (Å²) < 4.78 is 1.49. The number of aryl methyl sites for hydroxylation is 1. The van der Waals surface area contributed by atoms with Crippen molar-refractivity contribution in [3.63, 3.8) is 0 Å². The van der Waals surface area contributed by atoms with Crippen molar-refractivity contribution in [1.29, 1.82) is 0 Å². The summed E-state index contributed by atoms with van der Waals surface area (Å²) in [7, 11) is 0. The first kappa shape index (κ1) is 17.3. The number of aromatic amines is 1. The van der Waals surface area contributed by atoms with Crippen LogP contribution in [0.25, 0.3) is 17.0 Å². The van der Waals surface area contributed by atoms with Crippen LogP contribution in [0.4, 0.5) is 0 Å². The van der Waals surface area contributed by atoms with Gasteiger partial charge in [0.2, 0.25) is 11.8 Å². The van der Waals surface area contributed by atoms with E-state index in [1.165, 1.54) is 10.2 Å². The summed E-state index contributed by atoms with van der Waals surface area (Å²) in [5.41, 5.74) is 5.82. The minimum absolute atomic E-state index is 0.0561. The molecular formula is C22H24N4O. The molecule has 4 rings (SSSR count). The van der Waals surface area contributed by atoms with Crippen molar-refractivity contribution in [2.45, 2.75) is 39.5 Å². The molecule has 0 saturated carbocycles. The van der Waals surface area contributed by atoms with Crippen LogP contribution < -0.4 is 0 Å². The predicted octanol–water partition coefficient (Wildman–Crippen LogP) is 4.65. The number of hydrogen-bond acceptors (Lipinski definition) is 3. The number of nitrogens with one attached hydrogen (secondary N) is 1. The highest BCUT2D eigenvalue weighted by atomic mass is 16.3. The standard InChI is InChI=1S/C22H24N4O/c1-14-17(12-15-8-6-5-7-9-15)20(27)26(25-14)21-23-18-11-10-16(22(2,3)4)13-19(18)24-21/h5-11,13,27H,12H2,1-4H3,(H,23,24). The number of H-pyrrole nitrogens is 1. The van der Waals surface area contributed by atoms with Crippen molar-refractivity contribution < 1.29 is 5.11 Å². The van der Waals surface area contributed by atoms with Gasteiger partial charge in [-0.25, -0.2) is 4.98 Å².